The third kappa shape index (κ3) is 3.36. The molecule has 3 aromatic rings. The number of aromatic carboxylic acids is 1. The SMILES string of the molecule is CC(=Nc1ccccc1C(=O)O)c1cc(-c2ccc(Cl)cc2)no1. The van der Waals surface area contributed by atoms with Crippen molar-refractivity contribution in [1.82, 2.24) is 5.16 Å². The first-order valence-electron chi connectivity index (χ1n) is 7.15. The molecule has 0 fully saturated rings. The third-order valence-electron chi connectivity index (χ3n) is 3.43. The number of aromatic nitrogens is 1. The second kappa shape index (κ2) is 6.68. The molecular weight excluding hydrogens is 328 g/mol. The molecule has 0 saturated carbocycles. The highest BCUT2D eigenvalue weighted by atomic mass is 35.5. The second-order valence-electron chi connectivity index (χ2n) is 5.10. The van der Waals surface area contributed by atoms with Crippen LogP contribution in [0.3, 0.4) is 0 Å². The Hall–Kier alpha value is -2.92. The molecule has 2 aromatic carbocycles. The summed E-state index contributed by atoms with van der Waals surface area (Å²) in [4.78, 5) is 15.6. The molecule has 0 saturated heterocycles. The summed E-state index contributed by atoms with van der Waals surface area (Å²) in [5.41, 5.74) is 2.56. The van der Waals surface area contributed by atoms with Crippen LogP contribution in [0.4, 0.5) is 5.69 Å². The van der Waals surface area contributed by atoms with Crippen molar-refractivity contribution >= 4 is 29.0 Å². The number of benzene rings is 2. The van der Waals surface area contributed by atoms with E-state index in [4.69, 9.17) is 16.1 Å². The summed E-state index contributed by atoms with van der Waals surface area (Å²) >= 11 is 5.87. The lowest BCUT2D eigenvalue weighted by Crippen LogP contribution is -1.98. The Morgan fingerprint density at radius 1 is 1.17 bits per heavy atom. The van der Waals surface area contributed by atoms with Crippen LogP contribution in [0.15, 0.2) is 64.1 Å². The fourth-order valence-electron chi connectivity index (χ4n) is 2.19. The summed E-state index contributed by atoms with van der Waals surface area (Å²) in [6, 6.07) is 15.5. The van der Waals surface area contributed by atoms with Gasteiger partial charge < -0.3 is 9.63 Å². The van der Waals surface area contributed by atoms with E-state index < -0.39 is 5.97 Å². The monoisotopic (exact) mass is 340 g/mol. The predicted octanol–water partition coefficient (Wildman–Crippen LogP) is 4.83. The standard InChI is InChI=1S/C18H13ClN2O3/c1-11(20-15-5-3-2-4-14(15)18(22)23)17-10-16(21-24-17)12-6-8-13(19)9-7-12/h2-10H,1H3,(H,22,23). The third-order valence-corrected chi connectivity index (χ3v) is 3.68. The first-order chi connectivity index (χ1) is 11.5. The van der Waals surface area contributed by atoms with Gasteiger partial charge in [-0.25, -0.2) is 9.79 Å². The van der Waals surface area contributed by atoms with Gasteiger partial charge in [0.25, 0.3) is 0 Å². The Bertz CT molecular complexity index is 914. The number of carboxylic acids is 1. The smallest absolute Gasteiger partial charge is 0.337 e. The molecule has 0 amide bonds. The van der Waals surface area contributed by atoms with Crippen LogP contribution in [-0.4, -0.2) is 21.9 Å². The van der Waals surface area contributed by atoms with Gasteiger partial charge in [0.2, 0.25) is 0 Å². The molecule has 0 bridgehead atoms. The molecule has 0 radical (unpaired) electrons. The van der Waals surface area contributed by atoms with E-state index in [0.717, 1.165) is 5.56 Å². The maximum Gasteiger partial charge on any atom is 0.337 e. The van der Waals surface area contributed by atoms with Crippen molar-refractivity contribution in [1.29, 1.82) is 0 Å². The molecule has 0 spiro atoms. The summed E-state index contributed by atoms with van der Waals surface area (Å²) in [6.45, 7) is 1.74. The quantitative estimate of drug-likeness (QED) is 0.690. The van der Waals surface area contributed by atoms with Gasteiger partial charge in [0.05, 0.1) is 17.0 Å². The van der Waals surface area contributed by atoms with Crippen molar-refractivity contribution in [2.75, 3.05) is 0 Å². The number of hydrogen-bond acceptors (Lipinski definition) is 4. The van der Waals surface area contributed by atoms with Gasteiger partial charge >= 0.3 is 5.97 Å². The number of aliphatic imine (C=N–C) groups is 1. The average Bonchev–Trinajstić information content (AvgIpc) is 3.06. The van der Waals surface area contributed by atoms with Crippen molar-refractivity contribution in [2.24, 2.45) is 4.99 Å². The van der Waals surface area contributed by atoms with Crippen LogP contribution in [0.1, 0.15) is 23.0 Å². The maximum atomic E-state index is 11.2. The van der Waals surface area contributed by atoms with Gasteiger partial charge in [0.1, 0.15) is 5.69 Å². The Kier molecular flexibility index (Phi) is 4.44. The summed E-state index contributed by atoms with van der Waals surface area (Å²) in [5, 5.41) is 13.9. The lowest BCUT2D eigenvalue weighted by molar-refractivity contribution is 0.0698. The van der Waals surface area contributed by atoms with Gasteiger partial charge in [-0.2, -0.15) is 0 Å². The minimum atomic E-state index is -1.03. The van der Waals surface area contributed by atoms with Gasteiger partial charge in [-0.3, -0.25) is 0 Å². The van der Waals surface area contributed by atoms with E-state index in [1.165, 1.54) is 6.07 Å². The van der Waals surface area contributed by atoms with Crippen molar-refractivity contribution in [3.8, 4) is 11.3 Å². The average molecular weight is 341 g/mol. The van der Waals surface area contributed by atoms with Crippen LogP contribution in [0.2, 0.25) is 5.02 Å². The molecule has 6 heteroatoms. The largest absolute Gasteiger partial charge is 0.478 e. The summed E-state index contributed by atoms with van der Waals surface area (Å²) in [7, 11) is 0. The second-order valence-corrected chi connectivity index (χ2v) is 5.54. The van der Waals surface area contributed by atoms with Gasteiger partial charge in [-0.15, -0.1) is 0 Å². The number of rotatable bonds is 4. The number of carboxylic acid groups (broad SMARTS) is 1. The van der Waals surface area contributed by atoms with Crippen LogP contribution < -0.4 is 0 Å². The number of halogens is 1. The fraction of sp³-hybridized carbons (Fsp3) is 0.0556. The minimum Gasteiger partial charge on any atom is -0.478 e. The lowest BCUT2D eigenvalue weighted by atomic mass is 10.1. The molecule has 0 aliphatic carbocycles. The Morgan fingerprint density at radius 3 is 2.58 bits per heavy atom. The van der Waals surface area contributed by atoms with Gasteiger partial charge in [-0.1, -0.05) is 41.0 Å². The Balaban J connectivity index is 1.93. The Morgan fingerprint density at radius 2 is 1.88 bits per heavy atom. The van der Waals surface area contributed by atoms with Crippen LogP contribution in [-0.2, 0) is 0 Å². The molecule has 5 nitrogen and oxygen atoms in total. The predicted molar refractivity (Wildman–Crippen MR) is 92.2 cm³/mol. The highest BCUT2D eigenvalue weighted by Crippen LogP contribution is 2.24. The van der Waals surface area contributed by atoms with Crippen molar-refractivity contribution in [3.63, 3.8) is 0 Å². The zero-order valence-corrected chi connectivity index (χ0v) is 13.5. The topological polar surface area (TPSA) is 75.7 Å². The van der Waals surface area contributed by atoms with E-state index in [1.807, 2.05) is 12.1 Å². The van der Waals surface area contributed by atoms with Crippen LogP contribution in [0.5, 0.6) is 0 Å². The van der Waals surface area contributed by atoms with Crippen molar-refractivity contribution in [2.45, 2.75) is 6.92 Å². The zero-order valence-electron chi connectivity index (χ0n) is 12.7. The van der Waals surface area contributed by atoms with E-state index in [9.17, 15) is 9.90 Å². The molecular formula is C18H13ClN2O3. The van der Waals surface area contributed by atoms with Gasteiger partial charge in [0, 0.05) is 16.7 Å². The Labute approximate surface area is 143 Å². The molecule has 0 unspecified atom stereocenters. The summed E-state index contributed by atoms with van der Waals surface area (Å²) < 4.78 is 5.32. The van der Waals surface area contributed by atoms with Crippen molar-refractivity contribution in [3.05, 3.63) is 70.9 Å². The van der Waals surface area contributed by atoms with Crippen LogP contribution >= 0.6 is 11.6 Å². The molecule has 0 aliphatic heterocycles. The first kappa shape index (κ1) is 16.0. The number of hydrogen-bond donors (Lipinski definition) is 1. The minimum absolute atomic E-state index is 0.134. The van der Waals surface area contributed by atoms with E-state index >= 15 is 0 Å². The number of carbonyl (C=O) groups is 1. The zero-order chi connectivity index (χ0) is 17.1. The molecule has 1 N–H and O–H groups in total. The molecule has 0 aliphatic rings. The van der Waals surface area contributed by atoms with E-state index in [1.54, 1.807) is 43.3 Å². The normalized spacial score (nSPS) is 11.5. The number of para-hydroxylation sites is 1. The van der Waals surface area contributed by atoms with Gasteiger partial charge in [0.15, 0.2) is 5.76 Å². The number of nitrogens with zero attached hydrogens (tertiary/aromatic N) is 2. The molecule has 3 rings (SSSR count). The molecule has 0 atom stereocenters. The summed E-state index contributed by atoms with van der Waals surface area (Å²) in [5.74, 6) is -0.554. The summed E-state index contributed by atoms with van der Waals surface area (Å²) in [6.07, 6.45) is 0. The van der Waals surface area contributed by atoms with E-state index in [-0.39, 0.29) is 5.56 Å². The van der Waals surface area contributed by atoms with E-state index in [2.05, 4.69) is 10.1 Å². The van der Waals surface area contributed by atoms with Gasteiger partial charge in [-0.05, 0) is 31.2 Å². The van der Waals surface area contributed by atoms with Crippen LogP contribution in [0.25, 0.3) is 11.3 Å². The highest BCUT2D eigenvalue weighted by Gasteiger charge is 2.12. The maximum absolute atomic E-state index is 11.2. The molecule has 1 heterocycles. The van der Waals surface area contributed by atoms with E-state index in [0.29, 0.717) is 27.9 Å². The molecule has 120 valence electrons. The fourth-order valence-corrected chi connectivity index (χ4v) is 2.32. The van der Waals surface area contributed by atoms with Crippen molar-refractivity contribution < 1.29 is 14.4 Å². The molecule has 24 heavy (non-hydrogen) atoms. The van der Waals surface area contributed by atoms with Crippen LogP contribution in [0, 0.1) is 0 Å². The molecule has 1 aromatic heterocycles. The first-order valence-corrected chi connectivity index (χ1v) is 7.53. The lowest BCUT2D eigenvalue weighted by Gasteiger charge is -2.01. The highest BCUT2D eigenvalue weighted by molar-refractivity contribution is 6.30.